The van der Waals surface area contributed by atoms with Crippen molar-refractivity contribution in [1.82, 2.24) is 0 Å². The Kier molecular flexibility index (Phi) is 13.9. The summed E-state index contributed by atoms with van der Waals surface area (Å²) in [5.41, 5.74) is 8.57. The molecule has 0 unspecified atom stereocenters. The smallest absolute Gasteiger partial charge is 0.360 e. The van der Waals surface area contributed by atoms with Gasteiger partial charge in [0, 0.05) is 0 Å². The zero-order valence-corrected chi connectivity index (χ0v) is 36.6. The first-order chi connectivity index (χ1) is 31.2. The third kappa shape index (κ3) is 11.5. The molecule has 0 saturated heterocycles. The first kappa shape index (κ1) is 43.2. The minimum absolute atomic E-state index is 0.124. The van der Waals surface area contributed by atoms with E-state index in [1.54, 1.807) is 0 Å². The molecule has 0 fully saturated rings. The first-order valence-corrected chi connectivity index (χ1v) is 21.5. The van der Waals surface area contributed by atoms with Crippen molar-refractivity contribution in [2.45, 2.75) is 54.1 Å². The summed E-state index contributed by atoms with van der Waals surface area (Å²) in [5.74, 6) is 5.27. The van der Waals surface area contributed by atoms with Gasteiger partial charge in [0.15, 0.2) is 0 Å². The van der Waals surface area contributed by atoms with Gasteiger partial charge in [-0.2, -0.15) is 0 Å². The zero-order valence-electron chi connectivity index (χ0n) is 36.6. The summed E-state index contributed by atoms with van der Waals surface area (Å²) in [4.78, 5) is 0. The minimum atomic E-state index is -1.22. The van der Waals surface area contributed by atoms with Gasteiger partial charge in [0.25, 0.3) is 0 Å². The second-order valence-corrected chi connectivity index (χ2v) is 16.0. The molecule has 0 saturated carbocycles. The molecular weight excluding hydrogens is 795 g/mol. The van der Waals surface area contributed by atoms with Gasteiger partial charge in [-0.25, -0.2) is 0 Å². The second kappa shape index (κ2) is 20.6. The Morgan fingerprint density at radius 2 is 0.562 bits per heavy atom. The molecule has 320 valence electrons. The number of rotatable bonds is 18. The highest BCUT2D eigenvalue weighted by Gasteiger charge is 2.31. The van der Waals surface area contributed by atoms with Crippen LogP contribution in [0.25, 0.3) is 0 Å². The monoisotopic (exact) mass is 846 g/mol. The summed E-state index contributed by atoms with van der Waals surface area (Å²) in [6.45, 7) is 7.43. The van der Waals surface area contributed by atoms with Gasteiger partial charge in [0.1, 0.15) is 72.4 Å². The molecule has 0 atom stereocenters. The van der Waals surface area contributed by atoms with E-state index in [0.717, 1.165) is 22.3 Å². The second-order valence-electron chi connectivity index (χ2n) is 16.0. The van der Waals surface area contributed by atoms with E-state index >= 15 is 0 Å². The molecule has 64 heavy (non-hydrogen) atoms. The molecule has 0 spiro atoms. The van der Waals surface area contributed by atoms with Gasteiger partial charge in [0.2, 0.25) is 0 Å². The van der Waals surface area contributed by atoms with Crippen molar-refractivity contribution >= 4 is 17.8 Å². The molecule has 0 amide bonds. The number of hydrogen-bond acceptors (Lipinski definition) is 7. The number of aryl methyl sites for hydroxylation is 4. The number of para-hydroxylation sites is 2. The average Bonchev–Trinajstić information content (AvgIpc) is 3.31. The molecule has 0 radical (unpaired) electrons. The fraction of sp³-hybridized carbons (Fsp3) is 0.143. The van der Waals surface area contributed by atoms with Gasteiger partial charge in [0.05, 0.1) is 0 Å². The zero-order chi connectivity index (χ0) is 44.3. The Labute approximate surface area is 376 Å². The van der Waals surface area contributed by atoms with E-state index in [-0.39, 0.29) is 26.4 Å². The van der Waals surface area contributed by atoms with Crippen molar-refractivity contribution < 1.29 is 33.4 Å². The summed E-state index contributed by atoms with van der Waals surface area (Å²) >= 11 is 0. The van der Waals surface area contributed by atoms with Gasteiger partial charge >= 0.3 is 6.92 Å². The molecule has 8 aromatic rings. The summed E-state index contributed by atoms with van der Waals surface area (Å²) in [6, 6.07) is 58.7. The van der Waals surface area contributed by atoms with E-state index in [9.17, 15) is 5.02 Å². The van der Waals surface area contributed by atoms with Gasteiger partial charge in [-0.05, 0) is 158 Å². The van der Waals surface area contributed by atoms with Crippen molar-refractivity contribution in [1.29, 1.82) is 0 Å². The van der Waals surface area contributed by atoms with E-state index in [1.807, 2.05) is 210 Å². The van der Waals surface area contributed by atoms with E-state index < -0.39 is 6.92 Å². The molecule has 8 heteroatoms. The number of hydrogen-bond donors (Lipinski definition) is 1. The standard InChI is InChI=1S/C56H51BO7/c1-39-15-23-47(24-16-39)59-35-43-31-53(63-51-11-7-5-8-12-51)32-44(36-60-48-25-17-40(2)18-26-48)55(43)57(58)56-45(37-61-49-27-19-41(3)20-28-49)33-54(64-52-13-9-6-10-14-52)34-46(56)38-62-50-29-21-42(4)22-30-50/h5-34,58H,35-38H2,1-4H3. The maximum Gasteiger partial charge on any atom is 0.360 e. The molecule has 0 aliphatic carbocycles. The molecule has 8 aromatic carbocycles. The molecule has 7 nitrogen and oxygen atoms in total. The Bertz CT molecular complexity index is 2410. The normalized spacial score (nSPS) is 10.8. The molecular formula is C56H51BO7. The third-order valence-corrected chi connectivity index (χ3v) is 10.8. The predicted octanol–water partition coefficient (Wildman–Crippen LogP) is 11.9. The van der Waals surface area contributed by atoms with Gasteiger partial charge in [-0.15, -0.1) is 0 Å². The molecule has 0 bridgehead atoms. The lowest BCUT2D eigenvalue weighted by atomic mass is 9.51. The van der Waals surface area contributed by atoms with Crippen LogP contribution in [0.3, 0.4) is 0 Å². The highest BCUT2D eigenvalue weighted by Crippen LogP contribution is 2.29. The Balaban J connectivity index is 1.29. The molecule has 0 aromatic heterocycles. The molecule has 0 heterocycles. The minimum Gasteiger partial charge on any atom is -0.489 e. The molecule has 8 rings (SSSR count). The van der Waals surface area contributed by atoms with E-state index in [0.29, 0.717) is 79.2 Å². The Morgan fingerprint density at radius 1 is 0.312 bits per heavy atom. The van der Waals surface area contributed by atoms with Crippen LogP contribution in [-0.2, 0) is 26.4 Å². The summed E-state index contributed by atoms with van der Waals surface area (Å²) in [7, 11) is 0. The molecule has 0 aliphatic rings. The lowest BCUT2D eigenvalue weighted by Gasteiger charge is -2.25. The van der Waals surface area contributed by atoms with Crippen molar-refractivity contribution in [2.75, 3.05) is 0 Å². The quantitative estimate of drug-likeness (QED) is 0.0862. The van der Waals surface area contributed by atoms with Gasteiger partial charge in [-0.3, -0.25) is 0 Å². The maximum absolute atomic E-state index is 13.3. The maximum atomic E-state index is 13.3. The Hall–Kier alpha value is -7.42. The van der Waals surface area contributed by atoms with Crippen LogP contribution in [0.5, 0.6) is 46.0 Å². The summed E-state index contributed by atoms with van der Waals surface area (Å²) in [5, 5.41) is 13.3. The summed E-state index contributed by atoms with van der Waals surface area (Å²) < 4.78 is 39.0. The largest absolute Gasteiger partial charge is 0.489 e. The fourth-order valence-corrected chi connectivity index (χ4v) is 7.37. The van der Waals surface area contributed by atoms with Crippen molar-refractivity contribution in [3.8, 4) is 46.0 Å². The van der Waals surface area contributed by atoms with Crippen LogP contribution in [0.15, 0.2) is 182 Å². The first-order valence-electron chi connectivity index (χ1n) is 21.5. The lowest BCUT2D eigenvalue weighted by Crippen LogP contribution is -2.50. The Morgan fingerprint density at radius 3 is 0.812 bits per heavy atom. The topological polar surface area (TPSA) is 75.6 Å². The third-order valence-electron chi connectivity index (χ3n) is 10.8. The average molecular weight is 847 g/mol. The van der Waals surface area contributed by atoms with E-state index in [4.69, 9.17) is 28.4 Å². The number of ether oxygens (including phenoxy) is 6. The van der Waals surface area contributed by atoms with Crippen LogP contribution >= 0.6 is 0 Å². The van der Waals surface area contributed by atoms with Crippen molar-refractivity contribution in [3.05, 3.63) is 226 Å². The highest BCUT2D eigenvalue weighted by atomic mass is 16.5. The SMILES string of the molecule is Cc1ccc(OCc2cc(Oc3ccccc3)cc(COc3ccc(C)cc3)c2B(O)c2c(COc3ccc(C)cc3)cc(Oc3ccccc3)cc2COc2ccc(C)cc2)cc1. The predicted molar refractivity (Wildman–Crippen MR) is 255 cm³/mol. The number of benzene rings is 8. The van der Waals surface area contributed by atoms with Crippen LogP contribution in [0.1, 0.15) is 44.5 Å². The van der Waals surface area contributed by atoms with Gasteiger partial charge in [-0.1, -0.05) is 107 Å². The molecule has 0 aliphatic heterocycles. The highest BCUT2D eigenvalue weighted by molar-refractivity contribution is 6.80. The molecule has 1 N–H and O–H groups in total. The van der Waals surface area contributed by atoms with Crippen LogP contribution < -0.4 is 39.3 Å². The van der Waals surface area contributed by atoms with E-state index in [1.165, 1.54) is 0 Å². The van der Waals surface area contributed by atoms with Crippen LogP contribution in [0.2, 0.25) is 0 Å². The van der Waals surface area contributed by atoms with Gasteiger partial charge < -0.3 is 33.4 Å². The van der Waals surface area contributed by atoms with E-state index in [2.05, 4.69) is 0 Å². The summed E-state index contributed by atoms with van der Waals surface area (Å²) in [6.07, 6.45) is 0. The van der Waals surface area contributed by atoms with Crippen LogP contribution in [0, 0.1) is 27.7 Å². The lowest BCUT2D eigenvalue weighted by molar-refractivity contribution is 0.299. The van der Waals surface area contributed by atoms with Crippen molar-refractivity contribution in [2.24, 2.45) is 0 Å². The van der Waals surface area contributed by atoms with Crippen molar-refractivity contribution in [3.63, 3.8) is 0 Å². The fourth-order valence-electron chi connectivity index (χ4n) is 7.37. The van der Waals surface area contributed by atoms with Crippen LogP contribution in [0.4, 0.5) is 0 Å². The van der Waals surface area contributed by atoms with Crippen LogP contribution in [-0.4, -0.2) is 11.9 Å².